The van der Waals surface area contributed by atoms with E-state index in [4.69, 9.17) is 9.47 Å². The zero-order chi connectivity index (χ0) is 24.5. The lowest BCUT2D eigenvalue weighted by Crippen LogP contribution is -2.45. The highest BCUT2D eigenvalue weighted by Crippen LogP contribution is 2.34. The van der Waals surface area contributed by atoms with E-state index in [2.05, 4.69) is 0 Å². The molecule has 0 spiro atoms. The zero-order valence-electron chi connectivity index (χ0n) is 19.7. The van der Waals surface area contributed by atoms with E-state index in [0.29, 0.717) is 17.2 Å². The van der Waals surface area contributed by atoms with Gasteiger partial charge in [0.05, 0.1) is 24.8 Å². The summed E-state index contributed by atoms with van der Waals surface area (Å²) in [6.07, 6.45) is 0.731. The number of rotatable bonds is 7. The van der Waals surface area contributed by atoms with E-state index in [-0.39, 0.29) is 23.4 Å². The van der Waals surface area contributed by atoms with Gasteiger partial charge < -0.3 is 14.4 Å². The van der Waals surface area contributed by atoms with Gasteiger partial charge in [0.25, 0.3) is 10.0 Å². The lowest BCUT2D eigenvalue weighted by atomic mass is 10.1. The van der Waals surface area contributed by atoms with E-state index < -0.39 is 10.0 Å². The monoisotopic (exact) mass is 480 g/mol. The quantitative estimate of drug-likeness (QED) is 0.507. The van der Waals surface area contributed by atoms with Crippen LogP contribution in [0.25, 0.3) is 0 Å². The number of sulfonamides is 1. The van der Waals surface area contributed by atoms with Gasteiger partial charge in [0.2, 0.25) is 5.91 Å². The van der Waals surface area contributed by atoms with Crippen molar-refractivity contribution in [3.63, 3.8) is 0 Å². The van der Waals surface area contributed by atoms with Gasteiger partial charge in [-0.15, -0.1) is 0 Å². The van der Waals surface area contributed by atoms with Gasteiger partial charge in [-0.3, -0.25) is 9.10 Å². The lowest BCUT2D eigenvalue weighted by molar-refractivity contribution is -0.117. The van der Waals surface area contributed by atoms with Crippen LogP contribution in [0.5, 0.6) is 11.5 Å². The number of carbonyl (C=O) groups excluding carboxylic acids is 1. The summed E-state index contributed by atoms with van der Waals surface area (Å²) in [6.45, 7) is 3.56. The highest BCUT2D eigenvalue weighted by molar-refractivity contribution is 7.92. The van der Waals surface area contributed by atoms with Crippen LogP contribution >= 0.6 is 0 Å². The second-order valence-electron chi connectivity index (χ2n) is 8.31. The maximum absolute atomic E-state index is 13.8. The Labute approximate surface area is 200 Å². The van der Waals surface area contributed by atoms with Gasteiger partial charge >= 0.3 is 0 Å². The Hall–Kier alpha value is -3.52. The molecule has 4 rings (SSSR count). The maximum atomic E-state index is 13.8. The van der Waals surface area contributed by atoms with Crippen molar-refractivity contribution in [2.75, 3.05) is 30.0 Å². The Morgan fingerprint density at radius 1 is 1.00 bits per heavy atom. The molecule has 0 saturated heterocycles. The van der Waals surface area contributed by atoms with Crippen LogP contribution in [0.2, 0.25) is 0 Å². The zero-order valence-corrected chi connectivity index (χ0v) is 20.5. The van der Waals surface area contributed by atoms with Crippen molar-refractivity contribution in [1.82, 2.24) is 0 Å². The first-order chi connectivity index (χ1) is 16.3. The molecule has 0 saturated carbocycles. The van der Waals surface area contributed by atoms with Crippen molar-refractivity contribution in [2.45, 2.75) is 31.2 Å². The van der Waals surface area contributed by atoms with Crippen LogP contribution in [0.1, 0.15) is 18.1 Å². The van der Waals surface area contributed by atoms with Gasteiger partial charge in [-0.25, -0.2) is 8.42 Å². The predicted octanol–water partition coefficient (Wildman–Crippen LogP) is 4.19. The first-order valence-corrected chi connectivity index (χ1v) is 12.4. The smallest absolute Gasteiger partial charge is 0.264 e. The molecule has 1 aliphatic heterocycles. The van der Waals surface area contributed by atoms with E-state index in [9.17, 15) is 13.2 Å². The summed E-state index contributed by atoms with van der Waals surface area (Å²) in [6, 6.07) is 19.1. The summed E-state index contributed by atoms with van der Waals surface area (Å²) < 4.78 is 39.4. The number of aryl methyl sites for hydroxylation is 1. The third-order valence-corrected chi connectivity index (χ3v) is 7.79. The highest BCUT2D eigenvalue weighted by Gasteiger charge is 2.35. The normalized spacial score (nSPS) is 15.1. The first-order valence-electron chi connectivity index (χ1n) is 11.0. The number of amides is 1. The minimum atomic E-state index is -4.09. The Morgan fingerprint density at radius 3 is 2.35 bits per heavy atom. The number of anilines is 2. The Morgan fingerprint density at radius 2 is 1.68 bits per heavy atom. The average molecular weight is 481 g/mol. The molecule has 0 aliphatic carbocycles. The number of hydrogen-bond acceptors (Lipinski definition) is 5. The standard InChI is InChI=1S/C26H28N2O5S/c1-18-9-11-21(12-10-18)27(34(30,31)22-13-14-24(32-3)25(16-22)33-4)17-26(29)28-19(2)15-20-7-5-6-8-23(20)28/h5-14,16,19H,15,17H2,1-4H3/t19-/m0/s1. The molecule has 0 aromatic heterocycles. The minimum Gasteiger partial charge on any atom is -0.493 e. The lowest BCUT2D eigenvalue weighted by Gasteiger charge is -2.29. The molecular weight excluding hydrogens is 452 g/mol. The Kier molecular flexibility index (Phi) is 6.52. The van der Waals surface area contributed by atoms with E-state index in [1.165, 1.54) is 26.4 Å². The summed E-state index contributed by atoms with van der Waals surface area (Å²) in [4.78, 5) is 15.2. The molecule has 0 fully saturated rings. The van der Waals surface area contributed by atoms with Crippen molar-refractivity contribution in [2.24, 2.45) is 0 Å². The second kappa shape index (κ2) is 9.38. The van der Waals surface area contributed by atoms with Gasteiger partial charge in [-0.2, -0.15) is 0 Å². The summed E-state index contributed by atoms with van der Waals surface area (Å²) in [5, 5.41) is 0. The number of nitrogens with zero attached hydrogens (tertiary/aromatic N) is 2. The van der Waals surface area contributed by atoms with Crippen molar-refractivity contribution >= 4 is 27.3 Å². The number of hydrogen-bond donors (Lipinski definition) is 0. The molecule has 0 N–H and O–H groups in total. The third kappa shape index (κ3) is 4.33. The van der Waals surface area contributed by atoms with E-state index >= 15 is 0 Å². The van der Waals surface area contributed by atoms with Crippen molar-refractivity contribution in [3.05, 3.63) is 77.9 Å². The summed E-state index contributed by atoms with van der Waals surface area (Å²) in [5.41, 5.74) is 3.30. The van der Waals surface area contributed by atoms with Crippen LogP contribution in [0, 0.1) is 6.92 Å². The van der Waals surface area contributed by atoms with E-state index in [1.54, 1.807) is 23.1 Å². The minimum absolute atomic E-state index is 0.00777. The Bertz CT molecular complexity index is 1310. The number of methoxy groups -OCH3 is 2. The maximum Gasteiger partial charge on any atom is 0.264 e. The fraction of sp³-hybridized carbons (Fsp3) is 0.269. The number of carbonyl (C=O) groups is 1. The molecule has 1 aliphatic rings. The third-order valence-electron chi connectivity index (χ3n) is 6.02. The van der Waals surface area contributed by atoms with Gasteiger partial charge in [0, 0.05) is 17.8 Å². The summed E-state index contributed by atoms with van der Waals surface area (Å²) >= 11 is 0. The molecule has 34 heavy (non-hydrogen) atoms. The highest BCUT2D eigenvalue weighted by atomic mass is 32.2. The summed E-state index contributed by atoms with van der Waals surface area (Å²) in [5.74, 6) is 0.421. The molecule has 178 valence electrons. The molecule has 3 aromatic rings. The van der Waals surface area contributed by atoms with E-state index in [0.717, 1.165) is 27.5 Å². The molecular formula is C26H28N2O5S. The predicted molar refractivity (Wildman–Crippen MR) is 132 cm³/mol. The largest absolute Gasteiger partial charge is 0.493 e. The van der Waals surface area contributed by atoms with Crippen molar-refractivity contribution in [1.29, 1.82) is 0 Å². The summed E-state index contributed by atoms with van der Waals surface area (Å²) in [7, 11) is -1.16. The van der Waals surface area contributed by atoms with Crippen LogP contribution in [0.4, 0.5) is 11.4 Å². The van der Waals surface area contributed by atoms with Crippen LogP contribution in [-0.4, -0.2) is 41.1 Å². The molecule has 1 atom stereocenters. The molecule has 0 bridgehead atoms. The molecule has 8 heteroatoms. The van der Waals surface area contributed by atoms with E-state index in [1.807, 2.05) is 50.2 Å². The first kappa shape index (κ1) is 23.6. The van der Waals surface area contributed by atoms with Gasteiger partial charge in [-0.1, -0.05) is 35.9 Å². The molecule has 1 amide bonds. The molecule has 0 radical (unpaired) electrons. The van der Waals surface area contributed by atoms with Crippen LogP contribution in [0.15, 0.2) is 71.6 Å². The van der Waals surface area contributed by atoms with Crippen molar-refractivity contribution in [3.8, 4) is 11.5 Å². The number of benzene rings is 3. The Balaban J connectivity index is 1.75. The van der Waals surface area contributed by atoms with Gasteiger partial charge in [-0.05, 0) is 56.2 Å². The van der Waals surface area contributed by atoms with Crippen molar-refractivity contribution < 1.29 is 22.7 Å². The SMILES string of the molecule is COc1ccc(S(=O)(=O)N(CC(=O)N2c3ccccc3C[C@@H]2C)c2ccc(C)cc2)cc1OC. The number of fused-ring (bicyclic) bond motifs is 1. The van der Waals surface area contributed by atoms with Crippen LogP contribution in [-0.2, 0) is 21.2 Å². The number of ether oxygens (including phenoxy) is 2. The van der Waals surface area contributed by atoms with Gasteiger partial charge in [0.15, 0.2) is 11.5 Å². The van der Waals surface area contributed by atoms with Crippen LogP contribution < -0.4 is 18.7 Å². The fourth-order valence-corrected chi connectivity index (χ4v) is 5.71. The second-order valence-corrected chi connectivity index (χ2v) is 10.2. The van der Waals surface area contributed by atoms with Crippen LogP contribution in [0.3, 0.4) is 0 Å². The average Bonchev–Trinajstić information content (AvgIpc) is 3.18. The molecule has 1 heterocycles. The molecule has 7 nitrogen and oxygen atoms in total. The van der Waals surface area contributed by atoms with Gasteiger partial charge in [0.1, 0.15) is 6.54 Å². The topological polar surface area (TPSA) is 76.2 Å². The fourth-order valence-electron chi connectivity index (χ4n) is 4.27. The molecule has 3 aromatic carbocycles. The molecule has 0 unspecified atom stereocenters. The number of para-hydroxylation sites is 1.